The Hall–Kier alpha value is -2.30. The SMILES string of the molecule is Cc1cccc2c(C3CCC(C(=O)O)CC3)c(C(=O)O)[nH]c12. The van der Waals surface area contributed by atoms with Gasteiger partial charge in [0.25, 0.3) is 0 Å². The standard InChI is InChI=1S/C17H19NO4/c1-9-3-2-4-12-13(15(17(21)22)18-14(9)12)10-5-7-11(8-6-10)16(19)20/h2-4,10-11,18H,5-8H2,1H3,(H,19,20)(H,21,22). The Bertz CT molecular complexity index is 738. The minimum absolute atomic E-state index is 0.109. The normalized spacial score (nSPS) is 21.9. The fourth-order valence-electron chi connectivity index (χ4n) is 3.61. The van der Waals surface area contributed by atoms with E-state index in [1.165, 1.54) is 0 Å². The van der Waals surface area contributed by atoms with E-state index in [9.17, 15) is 14.7 Å². The van der Waals surface area contributed by atoms with Gasteiger partial charge in [-0.05, 0) is 49.7 Å². The summed E-state index contributed by atoms with van der Waals surface area (Å²) >= 11 is 0. The summed E-state index contributed by atoms with van der Waals surface area (Å²) in [4.78, 5) is 25.7. The number of aromatic carboxylic acids is 1. The number of carboxylic acids is 2. The molecule has 1 aliphatic carbocycles. The molecule has 0 amide bonds. The van der Waals surface area contributed by atoms with Gasteiger partial charge in [0.2, 0.25) is 0 Å². The summed E-state index contributed by atoms with van der Waals surface area (Å²) in [6.45, 7) is 1.95. The minimum Gasteiger partial charge on any atom is -0.481 e. The molecule has 0 unspecified atom stereocenters. The maximum absolute atomic E-state index is 11.6. The topological polar surface area (TPSA) is 90.4 Å². The lowest BCUT2D eigenvalue weighted by atomic mass is 9.78. The molecule has 1 saturated carbocycles. The summed E-state index contributed by atoms with van der Waals surface area (Å²) in [5, 5.41) is 19.6. The van der Waals surface area contributed by atoms with Crippen LogP contribution < -0.4 is 0 Å². The molecule has 0 aliphatic heterocycles. The third-order valence-corrected chi connectivity index (χ3v) is 4.78. The molecule has 3 rings (SSSR count). The van der Waals surface area contributed by atoms with Crippen molar-refractivity contribution in [3.63, 3.8) is 0 Å². The van der Waals surface area contributed by atoms with Crippen molar-refractivity contribution in [2.75, 3.05) is 0 Å². The second-order valence-corrected chi connectivity index (χ2v) is 6.10. The number of carboxylic acid groups (broad SMARTS) is 2. The van der Waals surface area contributed by atoms with Crippen molar-refractivity contribution in [3.05, 3.63) is 35.0 Å². The second-order valence-electron chi connectivity index (χ2n) is 6.10. The van der Waals surface area contributed by atoms with Gasteiger partial charge in [-0.15, -0.1) is 0 Å². The van der Waals surface area contributed by atoms with E-state index >= 15 is 0 Å². The number of aromatic amines is 1. The molecule has 0 radical (unpaired) electrons. The Kier molecular flexibility index (Phi) is 3.64. The molecule has 1 aliphatic rings. The molecule has 0 atom stereocenters. The number of aliphatic carboxylic acids is 1. The van der Waals surface area contributed by atoms with Crippen molar-refractivity contribution < 1.29 is 19.8 Å². The fourth-order valence-corrected chi connectivity index (χ4v) is 3.61. The fraction of sp³-hybridized carbons (Fsp3) is 0.412. The highest BCUT2D eigenvalue weighted by molar-refractivity contribution is 5.98. The molecule has 1 heterocycles. The van der Waals surface area contributed by atoms with Crippen molar-refractivity contribution in [3.8, 4) is 0 Å². The van der Waals surface area contributed by atoms with E-state index in [-0.39, 0.29) is 17.5 Å². The minimum atomic E-state index is -0.953. The summed E-state index contributed by atoms with van der Waals surface area (Å²) in [5.41, 5.74) is 2.99. The molecular weight excluding hydrogens is 282 g/mol. The number of carbonyl (C=O) groups is 2. The summed E-state index contributed by atoms with van der Waals surface area (Å²) in [6, 6.07) is 5.84. The zero-order valence-electron chi connectivity index (χ0n) is 12.4. The smallest absolute Gasteiger partial charge is 0.352 e. The lowest BCUT2D eigenvalue weighted by Crippen LogP contribution is -2.21. The van der Waals surface area contributed by atoms with Gasteiger partial charge < -0.3 is 15.2 Å². The zero-order chi connectivity index (χ0) is 15.9. The van der Waals surface area contributed by atoms with Crippen LogP contribution in [0.4, 0.5) is 0 Å². The van der Waals surface area contributed by atoms with Crippen LogP contribution in [0.15, 0.2) is 18.2 Å². The van der Waals surface area contributed by atoms with Crippen LogP contribution in [0.3, 0.4) is 0 Å². The molecule has 116 valence electrons. The van der Waals surface area contributed by atoms with Crippen LogP contribution in [0, 0.1) is 12.8 Å². The summed E-state index contributed by atoms with van der Waals surface area (Å²) in [5.74, 6) is -1.88. The van der Waals surface area contributed by atoms with Gasteiger partial charge in [0, 0.05) is 10.9 Å². The van der Waals surface area contributed by atoms with E-state index in [2.05, 4.69) is 4.98 Å². The Morgan fingerprint density at radius 2 is 1.82 bits per heavy atom. The third kappa shape index (κ3) is 2.36. The Balaban J connectivity index is 2.03. The number of rotatable bonds is 3. The van der Waals surface area contributed by atoms with E-state index in [4.69, 9.17) is 5.11 Å². The summed E-state index contributed by atoms with van der Waals surface area (Å²) < 4.78 is 0. The maximum atomic E-state index is 11.6. The summed E-state index contributed by atoms with van der Waals surface area (Å²) in [6.07, 6.45) is 2.66. The van der Waals surface area contributed by atoms with Crippen molar-refractivity contribution in [2.45, 2.75) is 38.5 Å². The molecule has 5 nitrogen and oxygen atoms in total. The van der Waals surface area contributed by atoms with Gasteiger partial charge in [-0.25, -0.2) is 4.79 Å². The lowest BCUT2D eigenvalue weighted by molar-refractivity contribution is -0.142. The largest absolute Gasteiger partial charge is 0.481 e. The van der Waals surface area contributed by atoms with Crippen molar-refractivity contribution in [1.29, 1.82) is 0 Å². The zero-order valence-corrected chi connectivity index (χ0v) is 12.4. The van der Waals surface area contributed by atoms with Crippen molar-refractivity contribution >= 4 is 22.8 Å². The number of fused-ring (bicyclic) bond motifs is 1. The number of aryl methyl sites for hydroxylation is 1. The average Bonchev–Trinajstić information content (AvgIpc) is 2.88. The molecule has 2 aromatic rings. The number of H-pyrrole nitrogens is 1. The van der Waals surface area contributed by atoms with Crippen molar-refractivity contribution in [1.82, 2.24) is 4.98 Å². The van der Waals surface area contributed by atoms with E-state index in [0.717, 1.165) is 34.9 Å². The van der Waals surface area contributed by atoms with E-state index in [1.807, 2.05) is 25.1 Å². The van der Waals surface area contributed by atoms with Crippen LogP contribution in [0.5, 0.6) is 0 Å². The average molecular weight is 301 g/mol. The second kappa shape index (κ2) is 5.48. The molecule has 0 bridgehead atoms. The van der Waals surface area contributed by atoms with Crippen LogP contribution in [0.2, 0.25) is 0 Å². The first-order valence-corrected chi connectivity index (χ1v) is 7.56. The van der Waals surface area contributed by atoms with Crippen LogP contribution in [-0.2, 0) is 4.79 Å². The van der Waals surface area contributed by atoms with Crippen LogP contribution in [0.1, 0.15) is 53.2 Å². The predicted octanol–water partition coefficient (Wildman–Crippen LogP) is 3.53. The molecule has 3 N–H and O–H groups in total. The lowest BCUT2D eigenvalue weighted by Gasteiger charge is -2.26. The first kappa shape index (κ1) is 14.6. The number of para-hydroxylation sites is 1. The van der Waals surface area contributed by atoms with Gasteiger partial charge in [-0.2, -0.15) is 0 Å². The number of aromatic nitrogens is 1. The van der Waals surface area contributed by atoms with E-state index in [1.54, 1.807) is 0 Å². The Labute approximate surface area is 128 Å². The molecule has 22 heavy (non-hydrogen) atoms. The molecule has 1 aromatic heterocycles. The van der Waals surface area contributed by atoms with Gasteiger partial charge in [0.15, 0.2) is 0 Å². The molecular formula is C17H19NO4. The van der Waals surface area contributed by atoms with E-state index in [0.29, 0.717) is 12.8 Å². The molecule has 1 aromatic carbocycles. The first-order chi connectivity index (χ1) is 10.5. The molecule has 5 heteroatoms. The highest BCUT2D eigenvalue weighted by Crippen LogP contribution is 2.41. The van der Waals surface area contributed by atoms with Crippen LogP contribution >= 0.6 is 0 Å². The van der Waals surface area contributed by atoms with Gasteiger partial charge in [0.05, 0.1) is 5.92 Å². The predicted molar refractivity (Wildman–Crippen MR) is 82.3 cm³/mol. The third-order valence-electron chi connectivity index (χ3n) is 4.78. The quantitative estimate of drug-likeness (QED) is 0.808. The number of hydrogen-bond acceptors (Lipinski definition) is 2. The molecule has 1 fully saturated rings. The number of hydrogen-bond donors (Lipinski definition) is 3. The van der Waals surface area contributed by atoms with Crippen LogP contribution in [-0.4, -0.2) is 27.1 Å². The van der Waals surface area contributed by atoms with Gasteiger partial charge in [-0.3, -0.25) is 4.79 Å². The van der Waals surface area contributed by atoms with Crippen molar-refractivity contribution in [2.24, 2.45) is 5.92 Å². The Morgan fingerprint density at radius 1 is 1.14 bits per heavy atom. The molecule has 0 saturated heterocycles. The summed E-state index contributed by atoms with van der Waals surface area (Å²) in [7, 11) is 0. The van der Waals surface area contributed by atoms with Gasteiger partial charge >= 0.3 is 11.9 Å². The van der Waals surface area contributed by atoms with Crippen LogP contribution in [0.25, 0.3) is 10.9 Å². The highest BCUT2D eigenvalue weighted by atomic mass is 16.4. The molecule has 0 spiro atoms. The van der Waals surface area contributed by atoms with E-state index < -0.39 is 11.9 Å². The highest BCUT2D eigenvalue weighted by Gasteiger charge is 2.31. The Morgan fingerprint density at radius 3 is 2.41 bits per heavy atom. The van der Waals surface area contributed by atoms with Gasteiger partial charge in [-0.1, -0.05) is 18.2 Å². The first-order valence-electron chi connectivity index (χ1n) is 7.56. The maximum Gasteiger partial charge on any atom is 0.352 e. The monoisotopic (exact) mass is 301 g/mol. The number of benzene rings is 1. The van der Waals surface area contributed by atoms with Gasteiger partial charge in [0.1, 0.15) is 5.69 Å². The number of nitrogens with one attached hydrogen (secondary N) is 1.